The Morgan fingerprint density at radius 1 is 1.14 bits per heavy atom. The van der Waals surface area contributed by atoms with Gasteiger partial charge in [0.25, 0.3) is 5.56 Å². The molecule has 0 fully saturated rings. The van der Waals surface area contributed by atoms with Crippen molar-refractivity contribution in [2.75, 3.05) is 0 Å². The van der Waals surface area contributed by atoms with Gasteiger partial charge in [-0.15, -0.1) is 0 Å². The molecule has 0 aliphatic carbocycles. The number of hydrogen-bond donors (Lipinski definition) is 1. The van der Waals surface area contributed by atoms with E-state index < -0.39 is 23.2 Å². The first-order valence-corrected chi connectivity index (χ1v) is 9.31. The molecule has 0 aliphatic rings. The number of carbonyl (C=O) groups is 1. The average Bonchev–Trinajstić information content (AvgIpc) is 2.65. The Kier molecular flexibility index (Phi) is 5.83. The van der Waals surface area contributed by atoms with Crippen molar-refractivity contribution < 1.29 is 23.4 Å². The van der Waals surface area contributed by atoms with E-state index in [1.807, 2.05) is 0 Å². The minimum atomic E-state index is -1.05. The van der Waals surface area contributed by atoms with Crippen molar-refractivity contribution >= 4 is 21.9 Å². The summed E-state index contributed by atoms with van der Waals surface area (Å²) in [6, 6.07) is 9.25. The molecule has 1 N–H and O–H groups in total. The number of aromatic carboxylic acids is 1. The van der Waals surface area contributed by atoms with Gasteiger partial charge < -0.3 is 9.84 Å². The number of pyridine rings is 1. The number of hydrogen-bond acceptors (Lipinski definition) is 3. The van der Waals surface area contributed by atoms with Crippen molar-refractivity contribution in [3.05, 3.63) is 91.3 Å². The van der Waals surface area contributed by atoms with Crippen LogP contribution in [-0.2, 0) is 6.61 Å². The third-order valence-corrected chi connectivity index (χ3v) is 5.11. The van der Waals surface area contributed by atoms with Gasteiger partial charge in [-0.25, -0.2) is 13.6 Å². The predicted molar refractivity (Wildman–Crippen MR) is 107 cm³/mol. The van der Waals surface area contributed by atoms with Gasteiger partial charge in [0, 0.05) is 23.4 Å². The van der Waals surface area contributed by atoms with Crippen LogP contribution < -0.4 is 10.3 Å². The number of carboxylic acid groups (broad SMARTS) is 1. The van der Waals surface area contributed by atoms with Crippen molar-refractivity contribution in [3.63, 3.8) is 0 Å². The maximum atomic E-state index is 13.8. The molecule has 0 amide bonds. The van der Waals surface area contributed by atoms with Gasteiger partial charge >= 0.3 is 5.97 Å². The van der Waals surface area contributed by atoms with Crippen LogP contribution in [0, 0.1) is 25.5 Å². The lowest BCUT2D eigenvalue weighted by molar-refractivity contribution is 0.0697. The molecule has 1 heterocycles. The number of halogens is 3. The van der Waals surface area contributed by atoms with Crippen LogP contribution in [0.2, 0.25) is 0 Å². The molecular weight excluding hydrogens is 448 g/mol. The molecule has 5 nitrogen and oxygen atoms in total. The highest BCUT2D eigenvalue weighted by Gasteiger charge is 2.16. The maximum absolute atomic E-state index is 13.8. The lowest BCUT2D eigenvalue weighted by atomic mass is 10.1. The van der Waals surface area contributed by atoms with Gasteiger partial charge in [-0.3, -0.25) is 9.36 Å². The molecular formula is C21H16BrF2NO4. The molecule has 0 spiro atoms. The molecule has 3 aromatic rings. The molecule has 150 valence electrons. The minimum absolute atomic E-state index is 0.122. The summed E-state index contributed by atoms with van der Waals surface area (Å²) in [4.78, 5) is 24.0. The third-order valence-electron chi connectivity index (χ3n) is 4.38. The molecule has 0 atom stereocenters. The third kappa shape index (κ3) is 4.22. The second-order valence-corrected chi connectivity index (χ2v) is 7.23. The zero-order valence-corrected chi connectivity index (χ0v) is 17.1. The van der Waals surface area contributed by atoms with Crippen molar-refractivity contribution in [2.45, 2.75) is 20.5 Å². The van der Waals surface area contributed by atoms with Crippen LogP contribution in [0.25, 0.3) is 5.69 Å². The number of nitrogens with zero attached hydrogens (tertiary/aromatic N) is 1. The molecule has 1 aromatic heterocycles. The Morgan fingerprint density at radius 2 is 1.86 bits per heavy atom. The minimum Gasteiger partial charge on any atom is -0.487 e. The smallest absolute Gasteiger partial charge is 0.335 e. The molecule has 0 radical (unpaired) electrons. The van der Waals surface area contributed by atoms with Gasteiger partial charge in [0.15, 0.2) is 0 Å². The number of aryl methyl sites for hydroxylation is 2. The summed E-state index contributed by atoms with van der Waals surface area (Å²) in [6.07, 6.45) is 0. The fraction of sp³-hybridized carbons (Fsp3) is 0.143. The fourth-order valence-electron chi connectivity index (χ4n) is 2.92. The standard InChI is InChI=1S/C21H16BrF2NO4/c1-11-7-13(21(27)28)4-6-17(11)25-12(2)8-18(19(22)20(25)26)29-10-14-3-5-15(23)9-16(14)24/h3-9H,10H2,1-2H3,(H,27,28). The number of benzene rings is 2. The summed E-state index contributed by atoms with van der Waals surface area (Å²) in [5, 5.41) is 9.11. The van der Waals surface area contributed by atoms with E-state index in [2.05, 4.69) is 15.9 Å². The van der Waals surface area contributed by atoms with Crippen LogP contribution in [0.5, 0.6) is 5.75 Å². The zero-order chi connectivity index (χ0) is 21.3. The molecule has 8 heteroatoms. The monoisotopic (exact) mass is 463 g/mol. The highest BCUT2D eigenvalue weighted by atomic mass is 79.9. The number of aromatic nitrogens is 1. The predicted octanol–water partition coefficient (Wildman–Crippen LogP) is 4.77. The highest BCUT2D eigenvalue weighted by molar-refractivity contribution is 9.10. The van der Waals surface area contributed by atoms with Crippen LogP contribution >= 0.6 is 15.9 Å². The van der Waals surface area contributed by atoms with Crippen molar-refractivity contribution in [3.8, 4) is 11.4 Å². The molecule has 2 aromatic carbocycles. The van der Waals surface area contributed by atoms with E-state index in [0.29, 0.717) is 16.9 Å². The van der Waals surface area contributed by atoms with Gasteiger partial charge in [0.1, 0.15) is 28.5 Å². The van der Waals surface area contributed by atoms with Crippen LogP contribution in [0.1, 0.15) is 27.2 Å². The lowest BCUT2D eigenvalue weighted by Gasteiger charge is -2.16. The van der Waals surface area contributed by atoms with E-state index in [0.717, 1.165) is 12.1 Å². The van der Waals surface area contributed by atoms with Crippen LogP contribution in [0.4, 0.5) is 8.78 Å². The Morgan fingerprint density at radius 3 is 2.48 bits per heavy atom. The van der Waals surface area contributed by atoms with E-state index in [4.69, 9.17) is 9.84 Å². The van der Waals surface area contributed by atoms with Gasteiger partial charge in [0.2, 0.25) is 0 Å². The van der Waals surface area contributed by atoms with E-state index in [9.17, 15) is 18.4 Å². The molecule has 3 rings (SSSR count). The topological polar surface area (TPSA) is 68.5 Å². The summed E-state index contributed by atoms with van der Waals surface area (Å²) < 4.78 is 34.0. The molecule has 0 bridgehead atoms. The van der Waals surface area contributed by atoms with Gasteiger partial charge in [-0.1, -0.05) is 0 Å². The Bertz CT molecular complexity index is 1170. The van der Waals surface area contributed by atoms with Crippen molar-refractivity contribution in [2.24, 2.45) is 0 Å². The zero-order valence-electron chi connectivity index (χ0n) is 15.5. The normalized spacial score (nSPS) is 10.8. The number of rotatable bonds is 5. The summed E-state index contributed by atoms with van der Waals surface area (Å²) in [5.41, 5.74) is 1.56. The largest absolute Gasteiger partial charge is 0.487 e. The first-order valence-electron chi connectivity index (χ1n) is 8.52. The first kappa shape index (κ1) is 20.7. The Hall–Kier alpha value is -3.00. The van der Waals surface area contributed by atoms with Crippen LogP contribution in [0.3, 0.4) is 0 Å². The summed E-state index contributed by atoms with van der Waals surface area (Å²) in [5.74, 6) is -2.26. The number of ether oxygens (including phenoxy) is 1. The maximum Gasteiger partial charge on any atom is 0.335 e. The SMILES string of the molecule is Cc1cc(C(=O)O)ccc1-n1c(C)cc(OCc2ccc(F)cc2F)c(Br)c1=O. The Labute approximate surface area is 173 Å². The molecule has 0 aliphatic heterocycles. The van der Waals surface area contributed by atoms with Gasteiger partial charge in [-0.05, 0) is 65.7 Å². The molecule has 29 heavy (non-hydrogen) atoms. The summed E-state index contributed by atoms with van der Waals surface area (Å²) in [7, 11) is 0. The average molecular weight is 464 g/mol. The molecule has 0 saturated carbocycles. The second kappa shape index (κ2) is 8.16. The van der Waals surface area contributed by atoms with E-state index in [-0.39, 0.29) is 28.0 Å². The van der Waals surface area contributed by atoms with Crippen LogP contribution in [-0.4, -0.2) is 15.6 Å². The summed E-state index contributed by atoms with van der Waals surface area (Å²) >= 11 is 3.22. The van der Waals surface area contributed by atoms with Crippen molar-refractivity contribution in [1.82, 2.24) is 4.57 Å². The van der Waals surface area contributed by atoms with E-state index in [1.165, 1.54) is 22.8 Å². The lowest BCUT2D eigenvalue weighted by Crippen LogP contribution is -2.23. The molecule has 0 saturated heterocycles. The Balaban J connectivity index is 1.96. The van der Waals surface area contributed by atoms with Crippen LogP contribution in [0.15, 0.2) is 51.7 Å². The quantitative estimate of drug-likeness (QED) is 0.591. The second-order valence-electron chi connectivity index (χ2n) is 6.44. The van der Waals surface area contributed by atoms with E-state index >= 15 is 0 Å². The van der Waals surface area contributed by atoms with Gasteiger partial charge in [0.05, 0.1) is 11.3 Å². The fourth-order valence-corrected chi connectivity index (χ4v) is 3.33. The highest BCUT2D eigenvalue weighted by Crippen LogP contribution is 2.26. The molecule has 0 unspecified atom stereocenters. The van der Waals surface area contributed by atoms with E-state index in [1.54, 1.807) is 26.0 Å². The summed E-state index contributed by atoms with van der Waals surface area (Å²) in [6.45, 7) is 3.23. The van der Waals surface area contributed by atoms with Gasteiger partial charge in [-0.2, -0.15) is 0 Å². The number of carboxylic acids is 1. The first-order chi connectivity index (χ1) is 13.7. The van der Waals surface area contributed by atoms with Crippen molar-refractivity contribution in [1.29, 1.82) is 0 Å².